The second-order valence-electron chi connectivity index (χ2n) is 5.61. The monoisotopic (exact) mass is 275 g/mol. The lowest BCUT2D eigenvalue weighted by atomic mass is 10.1. The average molecular weight is 275 g/mol. The summed E-state index contributed by atoms with van der Waals surface area (Å²) in [5.41, 5.74) is 7.99. The smallest absolute Gasteiger partial charge is 0.236 e. The predicted molar refractivity (Wildman–Crippen MR) is 81.1 cm³/mol. The fraction of sp³-hybridized carbons (Fsp3) is 0.562. The van der Waals surface area contributed by atoms with Crippen molar-refractivity contribution in [1.29, 1.82) is 0 Å². The summed E-state index contributed by atoms with van der Waals surface area (Å²) in [5.74, 6) is 0.243. The summed E-state index contributed by atoms with van der Waals surface area (Å²) in [6.07, 6.45) is 2.34. The molecule has 110 valence electrons. The van der Waals surface area contributed by atoms with Gasteiger partial charge in [-0.1, -0.05) is 24.3 Å². The lowest BCUT2D eigenvalue weighted by Crippen LogP contribution is -2.40. The van der Waals surface area contributed by atoms with Crippen LogP contribution < -0.4 is 5.73 Å². The Balaban J connectivity index is 1.87. The van der Waals surface area contributed by atoms with Gasteiger partial charge in [-0.2, -0.15) is 0 Å². The maximum Gasteiger partial charge on any atom is 0.236 e. The fourth-order valence-corrected chi connectivity index (χ4v) is 2.57. The number of likely N-dealkylation sites (N-methyl/N-ethyl adjacent to an activating group) is 2. The largest absolute Gasteiger partial charge is 0.339 e. The van der Waals surface area contributed by atoms with Gasteiger partial charge in [0.05, 0.1) is 6.54 Å². The molecular weight excluding hydrogens is 250 g/mol. The van der Waals surface area contributed by atoms with Crippen molar-refractivity contribution < 1.29 is 4.79 Å². The van der Waals surface area contributed by atoms with Crippen molar-refractivity contribution in [3.8, 4) is 0 Å². The summed E-state index contributed by atoms with van der Waals surface area (Å²) >= 11 is 0. The van der Waals surface area contributed by atoms with Crippen molar-refractivity contribution in [3.05, 3.63) is 35.4 Å². The molecule has 0 bridgehead atoms. The maximum absolute atomic E-state index is 12.2. The molecule has 4 nitrogen and oxygen atoms in total. The fourth-order valence-electron chi connectivity index (χ4n) is 2.57. The molecule has 0 heterocycles. The van der Waals surface area contributed by atoms with Gasteiger partial charge in [0.2, 0.25) is 5.91 Å². The SMILES string of the molecule is CCN(C(=O)CN(C)Cc1cccc(CN)c1)C1CC1. The van der Waals surface area contributed by atoms with Crippen LogP contribution in [0, 0.1) is 0 Å². The number of carbonyl (C=O) groups excluding carboxylic acids is 1. The van der Waals surface area contributed by atoms with Gasteiger partial charge >= 0.3 is 0 Å². The summed E-state index contributed by atoms with van der Waals surface area (Å²) in [5, 5.41) is 0. The molecule has 0 saturated heterocycles. The van der Waals surface area contributed by atoms with Crippen molar-refractivity contribution in [3.63, 3.8) is 0 Å². The first-order valence-electron chi connectivity index (χ1n) is 7.40. The van der Waals surface area contributed by atoms with Gasteiger partial charge in [-0.15, -0.1) is 0 Å². The molecule has 2 rings (SSSR count). The third kappa shape index (κ3) is 4.05. The van der Waals surface area contributed by atoms with Crippen LogP contribution in [0.5, 0.6) is 0 Å². The van der Waals surface area contributed by atoms with Crippen molar-refractivity contribution in [2.24, 2.45) is 5.73 Å². The molecule has 1 amide bonds. The second kappa shape index (κ2) is 6.86. The van der Waals surface area contributed by atoms with Gasteiger partial charge < -0.3 is 10.6 Å². The van der Waals surface area contributed by atoms with E-state index in [2.05, 4.69) is 24.0 Å². The minimum atomic E-state index is 0.243. The van der Waals surface area contributed by atoms with Gasteiger partial charge in [0.25, 0.3) is 0 Å². The number of rotatable bonds is 7. The summed E-state index contributed by atoms with van der Waals surface area (Å²) in [6, 6.07) is 8.75. The Morgan fingerprint density at radius 1 is 1.35 bits per heavy atom. The number of nitrogens with zero attached hydrogens (tertiary/aromatic N) is 2. The zero-order valence-corrected chi connectivity index (χ0v) is 12.5. The van der Waals surface area contributed by atoms with Gasteiger partial charge in [-0.05, 0) is 37.9 Å². The number of nitrogens with two attached hydrogens (primary N) is 1. The van der Waals surface area contributed by atoms with Gasteiger partial charge in [0, 0.05) is 25.7 Å². The standard InChI is InChI=1S/C16H25N3O/c1-3-19(15-7-8-15)16(20)12-18(2)11-14-6-4-5-13(9-14)10-17/h4-6,9,15H,3,7-8,10-12,17H2,1-2H3. The van der Waals surface area contributed by atoms with Gasteiger partial charge in [-0.25, -0.2) is 0 Å². The minimum Gasteiger partial charge on any atom is -0.339 e. The molecule has 1 aromatic rings. The van der Waals surface area contributed by atoms with E-state index in [0.717, 1.165) is 18.7 Å². The highest BCUT2D eigenvalue weighted by Gasteiger charge is 2.31. The van der Waals surface area contributed by atoms with Gasteiger partial charge in [-0.3, -0.25) is 9.69 Å². The first-order chi connectivity index (χ1) is 9.63. The first-order valence-corrected chi connectivity index (χ1v) is 7.40. The number of hydrogen-bond donors (Lipinski definition) is 1. The van der Waals surface area contributed by atoms with Crippen LogP contribution in [-0.2, 0) is 17.9 Å². The van der Waals surface area contributed by atoms with E-state index in [1.807, 2.05) is 24.1 Å². The molecule has 1 aromatic carbocycles. The third-order valence-corrected chi connectivity index (χ3v) is 3.73. The molecule has 1 saturated carbocycles. The molecule has 4 heteroatoms. The number of amides is 1. The highest BCUT2D eigenvalue weighted by atomic mass is 16.2. The van der Waals surface area contributed by atoms with Crippen LogP contribution in [-0.4, -0.2) is 41.9 Å². The number of benzene rings is 1. The van der Waals surface area contributed by atoms with Crippen molar-refractivity contribution in [1.82, 2.24) is 9.80 Å². The number of carbonyl (C=O) groups is 1. The Labute approximate surface area is 121 Å². The van der Waals surface area contributed by atoms with Crippen LogP contribution in [0.25, 0.3) is 0 Å². The van der Waals surface area contributed by atoms with E-state index >= 15 is 0 Å². The Bertz CT molecular complexity index is 457. The van der Waals surface area contributed by atoms with Gasteiger partial charge in [0.15, 0.2) is 0 Å². The van der Waals surface area contributed by atoms with E-state index in [-0.39, 0.29) is 5.91 Å². The Hall–Kier alpha value is -1.39. The van der Waals surface area contributed by atoms with Crippen molar-refractivity contribution in [2.75, 3.05) is 20.1 Å². The van der Waals surface area contributed by atoms with E-state index in [1.54, 1.807) is 0 Å². The summed E-state index contributed by atoms with van der Waals surface area (Å²) in [6.45, 7) is 4.70. The topological polar surface area (TPSA) is 49.6 Å². The quantitative estimate of drug-likeness (QED) is 0.822. The van der Waals surface area contributed by atoms with Crippen LogP contribution in [0.4, 0.5) is 0 Å². The first kappa shape index (κ1) is 15.0. The lowest BCUT2D eigenvalue weighted by Gasteiger charge is -2.24. The Kier molecular flexibility index (Phi) is 5.15. The Morgan fingerprint density at radius 3 is 2.65 bits per heavy atom. The summed E-state index contributed by atoms with van der Waals surface area (Å²) in [4.78, 5) is 16.3. The molecule has 2 N–H and O–H groups in total. The molecule has 1 aliphatic rings. The van der Waals surface area contributed by atoms with E-state index in [9.17, 15) is 4.79 Å². The van der Waals surface area contributed by atoms with E-state index < -0.39 is 0 Å². The predicted octanol–water partition coefficient (Wildman–Crippen LogP) is 1.59. The molecule has 0 aromatic heterocycles. The zero-order chi connectivity index (χ0) is 14.5. The third-order valence-electron chi connectivity index (χ3n) is 3.73. The van der Waals surface area contributed by atoms with E-state index in [4.69, 9.17) is 5.73 Å². The summed E-state index contributed by atoms with van der Waals surface area (Å²) < 4.78 is 0. The van der Waals surface area contributed by atoms with E-state index in [0.29, 0.717) is 19.1 Å². The molecule has 0 atom stereocenters. The minimum absolute atomic E-state index is 0.243. The van der Waals surface area contributed by atoms with Gasteiger partial charge in [0.1, 0.15) is 0 Å². The molecule has 0 spiro atoms. The molecular formula is C16H25N3O. The van der Waals surface area contributed by atoms with Crippen molar-refractivity contribution in [2.45, 2.75) is 38.9 Å². The molecule has 1 fully saturated rings. The van der Waals surface area contributed by atoms with Crippen LogP contribution in [0.2, 0.25) is 0 Å². The van der Waals surface area contributed by atoms with Crippen LogP contribution in [0.3, 0.4) is 0 Å². The number of hydrogen-bond acceptors (Lipinski definition) is 3. The van der Waals surface area contributed by atoms with Crippen LogP contribution in [0.1, 0.15) is 30.9 Å². The zero-order valence-electron chi connectivity index (χ0n) is 12.5. The molecule has 0 aliphatic heterocycles. The van der Waals surface area contributed by atoms with Crippen LogP contribution >= 0.6 is 0 Å². The van der Waals surface area contributed by atoms with E-state index in [1.165, 1.54) is 18.4 Å². The second-order valence-corrected chi connectivity index (χ2v) is 5.61. The maximum atomic E-state index is 12.2. The molecule has 1 aliphatic carbocycles. The normalized spacial score (nSPS) is 14.6. The van der Waals surface area contributed by atoms with Crippen molar-refractivity contribution >= 4 is 5.91 Å². The summed E-state index contributed by atoms with van der Waals surface area (Å²) in [7, 11) is 1.99. The molecule has 0 unspecified atom stereocenters. The molecule has 0 radical (unpaired) electrons. The average Bonchev–Trinajstić information content (AvgIpc) is 3.24. The lowest BCUT2D eigenvalue weighted by molar-refractivity contribution is -0.132. The van der Waals surface area contributed by atoms with Crippen LogP contribution in [0.15, 0.2) is 24.3 Å². The highest BCUT2D eigenvalue weighted by molar-refractivity contribution is 5.78. The highest BCUT2D eigenvalue weighted by Crippen LogP contribution is 2.26. The Morgan fingerprint density at radius 2 is 2.05 bits per heavy atom. The molecule has 20 heavy (non-hydrogen) atoms.